The Labute approximate surface area is 200 Å². The fourth-order valence-corrected chi connectivity index (χ4v) is 6.13. The summed E-state index contributed by atoms with van der Waals surface area (Å²) >= 11 is 12.1. The van der Waals surface area contributed by atoms with E-state index in [-0.39, 0.29) is 34.8 Å². The molecule has 6 nitrogen and oxygen atoms in total. The van der Waals surface area contributed by atoms with Gasteiger partial charge in [-0.2, -0.15) is 4.31 Å². The van der Waals surface area contributed by atoms with Crippen LogP contribution in [0.3, 0.4) is 0 Å². The predicted octanol–water partition coefficient (Wildman–Crippen LogP) is 4.35. The Hall–Kier alpha value is -1.80. The quantitative estimate of drug-likeness (QED) is 0.588. The minimum Gasteiger partial charge on any atom is -0.370 e. The molecule has 32 heavy (non-hydrogen) atoms. The van der Waals surface area contributed by atoms with E-state index in [9.17, 15) is 13.2 Å². The molecular formula is C23H29Cl2N3O3S. The third-order valence-corrected chi connectivity index (χ3v) is 8.38. The van der Waals surface area contributed by atoms with Crippen LogP contribution in [0.1, 0.15) is 25.3 Å². The number of hydrogen-bond acceptors (Lipinski definition) is 4. The maximum absolute atomic E-state index is 13.0. The average molecular weight is 498 g/mol. The summed E-state index contributed by atoms with van der Waals surface area (Å²) in [6.45, 7) is 6.80. The number of carbonyl (C=O) groups is 1. The molecule has 0 atom stereocenters. The zero-order valence-corrected chi connectivity index (χ0v) is 20.7. The van der Waals surface area contributed by atoms with Crippen molar-refractivity contribution in [2.75, 3.05) is 37.6 Å². The number of likely N-dealkylation sites (N-methyl/N-ethyl adjacent to an activating group) is 1. The summed E-state index contributed by atoms with van der Waals surface area (Å²) in [7, 11) is -3.75. The number of sulfonamides is 1. The number of anilines is 1. The molecule has 0 aromatic heterocycles. The lowest BCUT2D eigenvalue weighted by molar-refractivity contribution is -0.126. The van der Waals surface area contributed by atoms with E-state index < -0.39 is 10.0 Å². The molecule has 0 saturated carbocycles. The zero-order chi connectivity index (χ0) is 23.3. The first kappa shape index (κ1) is 24.8. The fraction of sp³-hybridized carbons (Fsp3) is 0.435. The van der Waals surface area contributed by atoms with Crippen LogP contribution in [0.2, 0.25) is 10.0 Å². The predicted molar refractivity (Wildman–Crippen MR) is 130 cm³/mol. The molecule has 9 heteroatoms. The van der Waals surface area contributed by atoms with Crippen molar-refractivity contribution in [2.24, 2.45) is 5.92 Å². The molecule has 174 valence electrons. The molecule has 2 aromatic rings. The van der Waals surface area contributed by atoms with Gasteiger partial charge in [-0.15, -0.1) is 0 Å². The van der Waals surface area contributed by atoms with E-state index in [1.165, 1.54) is 22.0 Å². The van der Waals surface area contributed by atoms with E-state index in [2.05, 4.69) is 42.3 Å². The Balaban J connectivity index is 1.51. The van der Waals surface area contributed by atoms with Gasteiger partial charge in [0.25, 0.3) is 0 Å². The van der Waals surface area contributed by atoms with Crippen molar-refractivity contribution in [3.05, 3.63) is 58.1 Å². The second-order valence-corrected chi connectivity index (χ2v) is 10.7. The lowest BCUT2D eigenvalue weighted by Gasteiger charge is -2.31. The molecule has 3 rings (SSSR count). The Morgan fingerprint density at radius 3 is 2.53 bits per heavy atom. The van der Waals surface area contributed by atoms with Crippen molar-refractivity contribution >= 4 is 44.8 Å². The number of benzene rings is 2. The summed E-state index contributed by atoms with van der Waals surface area (Å²) < 4.78 is 27.3. The van der Waals surface area contributed by atoms with E-state index in [0.717, 1.165) is 12.2 Å². The first-order valence-electron chi connectivity index (χ1n) is 10.8. The average Bonchev–Trinajstić information content (AvgIpc) is 2.78. The maximum atomic E-state index is 13.0. The monoisotopic (exact) mass is 497 g/mol. The minimum absolute atomic E-state index is 0.00498. The summed E-state index contributed by atoms with van der Waals surface area (Å²) in [4.78, 5) is 14.9. The zero-order valence-electron chi connectivity index (χ0n) is 18.4. The summed E-state index contributed by atoms with van der Waals surface area (Å²) in [5.41, 5.74) is 2.34. The maximum Gasteiger partial charge on any atom is 0.244 e. The van der Waals surface area contributed by atoms with Crippen molar-refractivity contribution in [1.82, 2.24) is 9.62 Å². The highest BCUT2D eigenvalue weighted by molar-refractivity contribution is 7.89. The van der Waals surface area contributed by atoms with Crippen LogP contribution in [-0.4, -0.2) is 51.4 Å². The summed E-state index contributed by atoms with van der Waals surface area (Å²) in [5, 5.41) is 3.47. The van der Waals surface area contributed by atoms with E-state index in [0.29, 0.717) is 31.0 Å². The Morgan fingerprint density at radius 2 is 1.88 bits per heavy atom. The van der Waals surface area contributed by atoms with E-state index in [4.69, 9.17) is 23.2 Å². The Morgan fingerprint density at radius 1 is 1.16 bits per heavy atom. The summed E-state index contributed by atoms with van der Waals surface area (Å²) in [6.07, 6.45) is 0.942. The molecule has 0 radical (unpaired) electrons. The lowest BCUT2D eigenvalue weighted by Crippen LogP contribution is -2.44. The molecule has 1 aliphatic heterocycles. The van der Waals surface area contributed by atoms with Gasteiger partial charge >= 0.3 is 0 Å². The molecular weight excluding hydrogens is 469 g/mol. The van der Waals surface area contributed by atoms with E-state index in [1.54, 1.807) is 6.07 Å². The number of hydrogen-bond donors (Lipinski definition) is 1. The van der Waals surface area contributed by atoms with Crippen LogP contribution in [0.4, 0.5) is 5.69 Å². The number of nitrogens with zero attached hydrogens (tertiary/aromatic N) is 2. The SMILES string of the molecule is CCN(CCNC(=O)C1CCN(S(=O)(=O)c2cc(Cl)ccc2Cl)CC1)c1cccc(C)c1. The highest BCUT2D eigenvalue weighted by atomic mass is 35.5. The van der Waals surface area contributed by atoms with Gasteiger partial charge in [0.15, 0.2) is 0 Å². The van der Waals surface area contributed by atoms with Gasteiger partial charge in [0.2, 0.25) is 15.9 Å². The number of piperidine rings is 1. The van der Waals surface area contributed by atoms with Crippen molar-refractivity contribution in [3.63, 3.8) is 0 Å². The normalized spacial score (nSPS) is 15.5. The second kappa shape index (κ2) is 10.9. The van der Waals surface area contributed by atoms with Crippen molar-refractivity contribution in [1.29, 1.82) is 0 Å². The molecule has 1 aliphatic rings. The van der Waals surface area contributed by atoms with Crippen LogP contribution < -0.4 is 10.2 Å². The van der Waals surface area contributed by atoms with Gasteiger partial charge < -0.3 is 10.2 Å². The third kappa shape index (κ3) is 5.95. The largest absolute Gasteiger partial charge is 0.370 e. The number of rotatable bonds is 8. The summed E-state index contributed by atoms with van der Waals surface area (Å²) in [6, 6.07) is 12.7. The molecule has 2 aromatic carbocycles. The highest BCUT2D eigenvalue weighted by Gasteiger charge is 2.33. The van der Waals surface area contributed by atoms with Crippen LogP contribution in [-0.2, 0) is 14.8 Å². The third-order valence-electron chi connectivity index (χ3n) is 5.77. The molecule has 0 spiro atoms. The van der Waals surface area contributed by atoms with E-state index >= 15 is 0 Å². The van der Waals surface area contributed by atoms with Crippen molar-refractivity contribution in [3.8, 4) is 0 Å². The second-order valence-electron chi connectivity index (χ2n) is 7.96. The molecule has 0 aliphatic carbocycles. The topological polar surface area (TPSA) is 69.7 Å². The Bertz CT molecular complexity index is 1050. The van der Waals surface area contributed by atoms with Gasteiger partial charge in [0.1, 0.15) is 4.90 Å². The van der Waals surface area contributed by atoms with Gasteiger partial charge in [0, 0.05) is 49.4 Å². The van der Waals surface area contributed by atoms with Crippen molar-refractivity contribution < 1.29 is 13.2 Å². The molecule has 1 fully saturated rings. The van der Waals surface area contributed by atoms with Gasteiger partial charge in [-0.1, -0.05) is 35.3 Å². The standard InChI is InChI=1S/C23H29Cl2N3O3S/c1-3-27(20-6-4-5-17(2)15-20)14-11-26-23(29)18-9-12-28(13-10-18)32(30,31)22-16-19(24)7-8-21(22)25/h4-8,15-16,18H,3,9-14H2,1-2H3,(H,26,29). The first-order valence-corrected chi connectivity index (χ1v) is 13.0. The molecule has 0 unspecified atom stereocenters. The molecule has 0 bridgehead atoms. The van der Waals surface area contributed by atoms with Crippen LogP contribution >= 0.6 is 23.2 Å². The smallest absolute Gasteiger partial charge is 0.244 e. The fourth-order valence-electron chi connectivity index (χ4n) is 3.93. The van der Waals surface area contributed by atoms with Crippen LogP contribution in [0, 0.1) is 12.8 Å². The highest BCUT2D eigenvalue weighted by Crippen LogP contribution is 2.30. The molecule has 1 saturated heterocycles. The van der Waals surface area contributed by atoms with Crippen LogP contribution in [0.25, 0.3) is 0 Å². The Kier molecular flexibility index (Phi) is 8.44. The minimum atomic E-state index is -3.75. The number of aryl methyl sites for hydroxylation is 1. The molecule has 1 heterocycles. The molecule has 1 amide bonds. The van der Waals surface area contributed by atoms with Crippen molar-refractivity contribution in [2.45, 2.75) is 31.6 Å². The number of amides is 1. The number of nitrogens with one attached hydrogen (secondary N) is 1. The lowest BCUT2D eigenvalue weighted by atomic mass is 9.97. The molecule has 1 N–H and O–H groups in total. The number of halogens is 2. The van der Waals surface area contributed by atoms with Crippen LogP contribution in [0.15, 0.2) is 47.4 Å². The van der Waals surface area contributed by atoms with Gasteiger partial charge in [-0.3, -0.25) is 4.79 Å². The first-order chi connectivity index (χ1) is 15.2. The van der Waals surface area contributed by atoms with Gasteiger partial charge in [-0.05, 0) is 62.6 Å². The van der Waals surface area contributed by atoms with Gasteiger partial charge in [0.05, 0.1) is 5.02 Å². The van der Waals surface area contributed by atoms with Crippen LogP contribution in [0.5, 0.6) is 0 Å². The van der Waals surface area contributed by atoms with Gasteiger partial charge in [-0.25, -0.2) is 8.42 Å². The number of carbonyl (C=O) groups excluding carboxylic acids is 1. The van der Waals surface area contributed by atoms with E-state index in [1.807, 2.05) is 6.07 Å². The summed E-state index contributed by atoms with van der Waals surface area (Å²) in [5.74, 6) is -0.228.